The fourth-order valence-electron chi connectivity index (χ4n) is 10.4. The van der Waals surface area contributed by atoms with Crippen LogP contribution in [0.2, 0.25) is 0 Å². The minimum Gasteiger partial charge on any atom is -0.458 e. The van der Waals surface area contributed by atoms with Gasteiger partial charge < -0.3 is 35.0 Å². The number of nitrogens with zero attached hydrogens (tertiary/aromatic N) is 1. The van der Waals surface area contributed by atoms with Crippen LogP contribution in [0, 0.1) is 34.5 Å². The number of aliphatic hydroxyl groups is 5. The summed E-state index contributed by atoms with van der Waals surface area (Å²) in [5.41, 5.74) is 0.0988. The van der Waals surface area contributed by atoms with Crippen LogP contribution in [-0.4, -0.2) is 99.2 Å². The third kappa shape index (κ3) is 4.08. The van der Waals surface area contributed by atoms with Gasteiger partial charge in [0.05, 0.1) is 19.3 Å². The van der Waals surface area contributed by atoms with Gasteiger partial charge in [-0.3, -0.25) is 4.84 Å². The molecule has 10 nitrogen and oxygen atoms in total. The SMILES string of the molecule is CON(C1CC[C@@]2(C)C(CCC3C2CC[C@]2(C)[C@@H](C4=CC(=O)OC4)CC[C@]32O)C1)[C@@H]1OC(CO)[C@H](O)[C@H](O)C1O. The Hall–Kier alpha value is -1.11. The summed E-state index contributed by atoms with van der Waals surface area (Å²) in [6.07, 6.45) is 3.63. The van der Waals surface area contributed by atoms with Crippen molar-refractivity contribution >= 4 is 5.97 Å². The van der Waals surface area contributed by atoms with Crippen LogP contribution in [0.25, 0.3) is 0 Å². The molecule has 13 atom stereocenters. The van der Waals surface area contributed by atoms with E-state index in [4.69, 9.17) is 14.3 Å². The molecular weight excluding hydrogens is 518 g/mol. The summed E-state index contributed by atoms with van der Waals surface area (Å²) in [6.45, 7) is 4.53. The number of carbonyl (C=O) groups is 1. The van der Waals surface area contributed by atoms with Gasteiger partial charge >= 0.3 is 5.97 Å². The highest BCUT2D eigenvalue weighted by Gasteiger charge is 2.68. The van der Waals surface area contributed by atoms with Gasteiger partial charge in [0.1, 0.15) is 31.0 Å². The van der Waals surface area contributed by atoms with Crippen molar-refractivity contribution in [1.29, 1.82) is 0 Å². The molecule has 40 heavy (non-hydrogen) atoms. The van der Waals surface area contributed by atoms with E-state index in [9.17, 15) is 30.3 Å². The first-order valence-electron chi connectivity index (χ1n) is 15.2. The van der Waals surface area contributed by atoms with Crippen molar-refractivity contribution in [1.82, 2.24) is 5.06 Å². The summed E-state index contributed by atoms with van der Waals surface area (Å²) in [4.78, 5) is 17.6. The minimum atomic E-state index is -1.45. The topological polar surface area (TPSA) is 149 Å². The van der Waals surface area contributed by atoms with Gasteiger partial charge in [0.25, 0.3) is 0 Å². The number of fused-ring (bicyclic) bond motifs is 5. The van der Waals surface area contributed by atoms with Crippen LogP contribution in [0.15, 0.2) is 11.6 Å². The molecule has 2 heterocycles. The van der Waals surface area contributed by atoms with Gasteiger partial charge in [-0.15, -0.1) is 0 Å². The van der Waals surface area contributed by atoms with Crippen molar-refractivity contribution in [2.45, 2.75) is 114 Å². The maximum absolute atomic E-state index is 12.4. The Balaban J connectivity index is 1.19. The van der Waals surface area contributed by atoms with Crippen molar-refractivity contribution < 1.29 is 44.6 Å². The third-order valence-corrected chi connectivity index (χ3v) is 12.6. The molecule has 0 amide bonds. The molecule has 5 N–H and O–H groups in total. The van der Waals surface area contributed by atoms with E-state index in [1.165, 1.54) is 7.11 Å². The Morgan fingerprint density at radius 2 is 1.77 bits per heavy atom. The summed E-state index contributed by atoms with van der Waals surface area (Å²) in [7, 11) is 1.53. The highest BCUT2D eigenvalue weighted by molar-refractivity contribution is 5.85. The maximum Gasteiger partial charge on any atom is 0.331 e. The third-order valence-electron chi connectivity index (χ3n) is 12.6. The fourth-order valence-corrected chi connectivity index (χ4v) is 10.4. The lowest BCUT2D eigenvalue weighted by Crippen LogP contribution is -2.66. The van der Waals surface area contributed by atoms with E-state index >= 15 is 0 Å². The number of aliphatic hydroxyl groups excluding tert-OH is 4. The first kappa shape index (κ1) is 29.0. The van der Waals surface area contributed by atoms with E-state index in [-0.39, 0.29) is 34.7 Å². The summed E-state index contributed by atoms with van der Waals surface area (Å²) in [5, 5.41) is 55.1. The van der Waals surface area contributed by atoms with Gasteiger partial charge in [-0.2, -0.15) is 5.06 Å². The molecule has 6 aliphatic rings. The van der Waals surface area contributed by atoms with E-state index in [0.29, 0.717) is 18.4 Å². The zero-order valence-corrected chi connectivity index (χ0v) is 23.9. The molecule has 0 aromatic heterocycles. The molecule has 2 aliphatic heterocycles. The second-order valence-corrected chi connectivity index (χ2v) is 14.0. The van der Waals surface area contributed by atoms with E-state index in [2.05, 4.69) is 13.8 Å². The second kappa shape index (κ2) is 10.3. The van der Waals surface area contributed by atoms with Crippen LogP contribution in [-0.2, 0) is 19.1 Å². The number of esters is 1. The Kier molecular flexibility index (Phi) is 7.43. The molecule has 1 saturated heterocycles. The number of ether oxygens (including phenoxy) is 2. The smallest absolute Gasteiger partial charge is 0.331 e. The summed E-state index contributed by atoms with van der Waals surface area (Å²) < 4.78 is 11.1. The molecule has 4 aliphatic carbocycles. The van der Waals surface area contributed by atoms with Crippen molar-refractivity contribution in [3.05, 3.63) is 11.6 Å². The van der Waals surface area contributed by atoms with Gasteiger partial charge in [-0.05, 0) is 92.4 Å². The van der Waals surface area contributed by atoms with Crippen LogP contribution in [0.5, 0.6) is 0 Å². The standard InChI is InChI=1S/C30H47NO9/c1-28-9-6-18(31(38-3)27-26(36)25(35)24(34)22(14-32)40-27)13-17(28)4-5-21-20(28)7-10-29(2)19(8-11-30(21,29)37)16-12-23(33)39-15-16/h12,17-22,24-27,32,34-37H,4-11,13-15H2,1-3H3/t17?,18?,19-,20?,21?,22?,24+,25+,26?,27-,28+,29-,30+/m1/s1. The maximum atomic E-state index is 12.4. The van der Waals surface area contributed by atoms with Gasteiger partial charge in [0, 0.05) is 17.5 Å². The second-order valence-electron chi connectivity index (χ2n) is 14.0. The number of carbonyl (C=O) groups excluding carboxylic acids is 1. The van der Waals surface area contributed by atoms with Gasteiger partial charge in [-0.25, -0.2) is 4.79 Å². The van der Waals surface area contributed by atoms with Crippen LogP contribution in [0.4, 0.5) is 0 Å². The van der Waals surface area contributed by atoms with Crippen molar-refractivity contribution in [2.24, 2.45) is 34.5 Å². The molecule has 226 valence electrons. The average molecular weight is 566 g/mol. The summed E-state index contributed by atoms with van der Waals surface area (Å²) in [6, 6.07) is -0.0549. The predicted octanol–water partition coefficient (Wildman–Crippen LogP) is 1.28. The Morgan fingerprint density at radius 3 is 2.45 bits per heavy atom. The highest BCUT2D eigenvalue weighted by Crippen LogP contribution is 2.70. The van der Waals surface area contributed by atoms with Crippen LogP contribution < -0.4 is 0 Å². The molecule has 0 spiro atoms. The summed E-state index contributed by atoms with van der Waals surface area (Å²) in [5.74, 6) is 0.949. The number of hydrogen-bond donors (Lipinski definition) is 5. The van der Waals surface area contributed by atoms with Gasteiger partial charge in [0.15, 0.2) is 6.23 Å². The zero-order chi connectivity index (χ0) is 28.6. The lowest BCUT2D eigenvalue weighted by atomic mass is 9.43. The van der Waals surface area contributed by atoms with E-state index in [0.717, 1.165) is 63.4 Å². The Labute approximate surface area is 236 Å². The predicted molar refractivity (Wildman–Crippen MR) is 142 cm³/mol. The molecule has 10 heteroatoms. The van der Waals surface area contributed by atoms with Crippen LogP contribution in [0.3, 0.4) is 0 Å². The van der Waals surface area contributed by atoms with E-state index < -0.39 is 42.9 Å². The number of cyclic esters (lactones) is 1. The number of rotatable bonds is 5. The Bertz CT molecular complexity index is 1020. The van der Waals surface area contributed by atoms with Gasteiger partial charge in [0.2, 0.25) is 0 Å². The molecular formula is C30H47NO9. The van der Waals surface area contributed by atoms with Crippen LogP contribution in [0.1, 0.15) is 71.6 Å². The fraction of sp³-hybridized carbons (Fsp3) is 0.900. The Morgan fingerprint density at radius 1 is 1.00 bits per heavy atom. The molecule has 6 rings (SSSR count). The minimum absolute atomic E-state index is 0.0549. The lowest BCUT2D eigenvalue weighted by molar-refractivity contribution is -0.344. The zero-order valence-electron chi connectivity index (χ0n) is 23.9. The molecule has 6 unspecified atom stereocenters. The monoisotopic (exact) mass is 565 g/mol. The lowest BCUT2D eigenvalue weighted by Gasteiger charge is -2.64. The average Bonchev–Trinajstić information content (AvgIpc) is 3.48. The van der Waals surface area contributed by atoms with Crippen molar-refractivity contribution in [3.63, 3.8) is 0 Å². The largest absolute Gasteiger partial charge is 0.458 e. The first-order chi connectivity index (χ1) is 19.0. The highest BCUT2D eigenvalue weighted by atomic mass is 16.7. The molecule has 0 bridgehead atoms. The molecule has 0 aromatic rings. The van der Waals surface area contributed by atoms with Crippen molar-refractivity contribution in [2.75, 3.05) is 20.3 Å². The normalized spacial score (nSPS) is 52.5. The number of hydroxylamine groups is 2. The molecule has 4 saturated carbocycles. The van der Waals surface area contributed by atoms with Gasteiger partial charge in [-0.1, -0.05) is 13.8 Å². The molecule has 0 aromatic carbocycles. The summed E-state index contributed by atoms with van der Waals surface area (Å²) >= 11 is 0. The van der Waals surface area contributed by atoms with Crippen LogP contribution >= 0.6 is 0 Å². The first-order valence-corrected chi connectivity index (χ1v) is 15.2. The number of hydrogen-bond acceptors (Lipinski definition) is 10. The van der Waals surface area contributed by atoms with E-state index in [1.807, 2.05) is 0 Å². The molecule has 0 radical (unpaired) electrons. The molecule has 5 fully saturated rings. The van der Waals surface area contributed by atoms with E-state index in [1.54, 1.807) is 11.1 Å². The quantitative estimate of drug-likeness (QED) is 0.244. The van der Waals surface area contributed by atoms with Crippen molar-refractivity contribution in [3.8, 4) is 0 Å².